The summed E-state index contributed by atoms with van der Waals surface area (Å²) in [7, 11) is 0. The average Bonchev–Trinajstić information content (AvgIpc) is 3.35. The van der Waals surface area contributed by atoms with Gasteiger partial charge in [-0.25, -0.2) is 4.90 Å². The van der Waals surface area contributed by atoms with Crippen molar-refractivity contribution in [3.8, 4) is 0 Å². The van der Waals surface area contributed by atoms with Crippen LogP contribution in [0.5, 0.6) is 0 Å². The number of anilines is 1. The van der Waals surface area contributed by atoms with Crippen molar-refractivity contribution in [2.75, 3.05) is 11.4 Å². The van der Waals surface area contributed by atoms with Crippen LogP contribution in [0.25, 0.3) is 0 Å². The number of fused-ring (bicyclic) bond motifs is 3. The van der Waals surface area contributed by atoms with E-state index in [0.29, 0.717) is 27.8 Å². The highest BCUT2D eigenvalue weighted by Gasteiger charge is 2.64. The van der Waals surface area contributed by atoms with Crippen LogP contribution in [0, 0.1) is 11.8 Å². The zero-order valence-corrected chi connectivity index (χ0v) is 16.9. The summed E-state index contributed by atoms with van der Waals surface area (Å²) >= 11 is 12.2. The minimum absolute atomic E-state index is 0.0924. The predicted octanol–water partition coefficient (Wildman–Crippen LogP) is 3.83. The highest BCUT2D eigenvalue weighted by molar-refractivity contribution is 6.36. The second kappa shape index (κ2) is 6.94. The van der Waals surface area contributed by atoms with E-state index in [1.54, 1.807) is 48.5 Å². The molecule has 2 amide bonds. The number of halogens is 2. The zero-order valence-electron chi connectivity index (χ0n) is 15.4. The standard InChI is InChI=1S/C22H18Cl2N2O3/c23-13-9-7-12(8-10-13)20(27)19-18-17(16-6-3-11-25(16)19)21(28)26(22(18)29)15-5-2-1-4-14(15)24/h1-2,4-5,7-10,16-19H,3,6,11H2. The molecule has 4 unspecified atom stereocenters. The number of amides is 2. The fourth-order valence-electron chi connectivity index (χ4n) is 5.17. The largest absolute Gasteiger partial charge is 0.292 e. The van der Waals surface area contributed by atoms with Crippen LogP contribution in [0.4, 0.5) is 5.69 Å². The van der Waals surface area contributed by atoms with Crippen molar-refractivity contribution >= 4 is 46.5 Å². The third-order valence-corrected chi connectivity index (χ3v) is 6.91. The van der Waals surface area contributed by atoms with Gasteiger partial charge in [0.1, 0.15) is 0 Å². The molecule has 7 heteroatoms. The van der Waals surface area contributed by atoms with Gasteiger partial charge in [0.15, 0.2) is 5.78 Å². The van der Waals surface area contributed by atoms with E-state index in [0.717, 1.165) is 12.8 Å². The first-order valence-corrected chi connectivity index (χ1v) is 10.4. The number of ketones is 1. The Bertz CT molecular complexity index is 1020. The second-order valence-electron chi connectivity index (χ2n) is 7.78. The second-order valence-corrected chi connectivity index (χ2v) is 8.62. The lowest BCUT2D eigenvalue weighted by molar-refractivity contribution is -0.123. The Balaban J connectivity index is 1.56. The minimum atomic E-state index is -0.688. The molecule has 0 aromatic heterocycles. The average molecular weight is 429 g/mol. The van der Waals surface area contributed by atoms with Gasteiger partial charge in [0.25, 0.3) is 0 Å². The van der Waals surface area contributed by atoms with E-state index >= 15 is 0 Å². The SMILES string of the molecule is O=C(c1ccc(Cl)cc1)C1C2C(=O)N(c3ccccc3Cl)C(=O)C2C2CCCN21. The Morgan fingerprint density at radius 1 is 0.931 bits per heavy atom. The van der Waals surface area contributed by atoms with Crippen molar-refractivity contribution in [1.82, 2.24) is 4.90 Å². The Morgan fingerprint density at radius 3 is 2.34 bits per heavy atom. The van der Waals surface area contributed by atoms with Gasteiger partial charge in [0, 0.05) is 16.6 Å². The highest BCUT2D eigenvalue weighted by Crippen LogP contribution is 2.49. The van der Waals surface area contributed by atoms with Crippen LogP contribution in [0.2, 0.25) is 10.0 Å². The molecule has 3 fully saturated rings. The maximum atomic E-state index is 13.4. The van der Waals surface area contributed by atoms with E-state index in [9.17, 15) is 14.4 Å². The summed E-state index contributed by atoms with van der Waals surface area (Å²) < 4.78 is 0. The monoisotopic (exact) mass is 428 g/mol. The molecular formula is C22H18Cl2N2O3. The molecule has 4 atom stereocenters. The first-order valence-electron chi connectivity index (χ1n) is 9.67. The van der Waals surface area contributed by atoms with E-state index in [1.807, 2.05) is 0 Å². The highest BCUT2D eigenvalue weighted by atomic mass is 35.5. The van der Waals surface area contributed by atoms with Crippen LogP contribution in [0.15, 0.2) is 48.5 Å². The van der Waals surface area contributed by atoms with Crippen LogP contribution in [-0.4, -0.2) is 41.1 Å². The normalized spacial score (nSPS) is 28.7. The van der Waals surface area contributed by atoms with Gasteiger partial charge in [0.05, 0.1) is 28.6 Å². The van der Waals surface area contributed by atoms with Crippen molar-refractivity contribution < 1.29 is 14.4 Å². The van der Waals surface area contributed by atoms with E-state index in [4.69, 9.17) is 23.2 Å². The summed E-state index contributed by atoms with van der Waals surface area (Å²) in [6, 6.07) is 12.8. The summed E-state index contributed by atoms with van der Waals surface area (Å²) in [5.41, 5.74) is 0.892. The van der Waals surface area contributed by atoms with Crippen molar-refractivity contribution in [3.63, 3.8) is 0 Å². The molecule has 0 spiro atoms. The summed E-state index contributed by atoms with van der Waals surface area (Å²) in [5, 5.41) is 0.889. The first-order chi connectivity index (χ1) is 14.0. The quantitative estimate of drug-likeness (QED) is 0.550. The van der Waals surface area contributed by atoms with E-state index in [2.05, 4.69) is 4.90 Å². The molecule has 5 rings (SSSR count). The van der Waals surface area contributed by atoms with Crippen LogP contribution >= 0.6 is 23.2 Å². The number of nitrogens with zero attached hydrogens (tertiary/aromatic N) is 2. The summed E-state index contributed by atoms with van der Waals surface area (Å²) in [6.07, 6.45) is 1.72. The number of imide groups is 1. The molecule has 0 bridgehead atoms. The van der Waals surface area contributed by atoms with Gasteiger partial charge in [-0.05, 0) is 55.8 Å². The van der Waals surface area contributed by atoms with Gasteiger partial charge >= 0.3 is 0 Å². The molecule has 2 aromatic rings. The first kappa shape index (κ1) is 18.8. The Labute approximate surface area is 178 Å². The summed E-state index contributed by atoms with van der Waals surface area (Å²) in [5.74, 6) is -1.93. The van der Waals surface area contributed by atoms with Crippen LogP contribution in [0.3, 0.4) is 0 Å². The molecule has 0 N–H and O–H groups in total. The molecule has 0 radical (unpaired) electrons. The van der Waals surface area contributed by atoms with E-state index in [-0.39, 0.29) is 23.6 Å². The van der Waals surface area contributed by atoms with Gasteiger partial charge in [-0.3, -0.25) is 19.3 Å². The van der Waals surface area contributed by atoms with Crippen LogP contribution in [0.1, 0.15) is 23.2 Å². The van der Waals surface area contributed by atoms with E-state index < -0.39 is 17.9 Å². The zero-order chi connectivity index (χ0) is 20.3. The van der Waals surface area contributed by atoms with Gasteiger partial charge in [-0.2, -0.15) is 0 Å². The fourth-order valence-corrected chi connectivity index (χ4v) is 5.52. The molecule has 148 valence electrons. The molecule has 3 aliphatic rings. The number of hydrogen-bond donors (Lipinski definition) is 0. The fraction of sp³-hybridized carbons (Fsp3) is 0.318. The topological polar surface area (TPSA) is 57.7 Å². The predicted molar refractivity (Wildman–Crippen MR) is 110 cm³/mol. The van der Waals surface area contributed by atoms with Crippen molar-refractivity contribution in [2.24, 2.45) is 11.8 Å². The minimum Gasteiger partial charge on any atom is -0.292 e. The van der Waals surface area contributed by atoms with Gasteiger partial charge < -0.3 is 0 Å². The molecule has 0 saturated carbocycles. The van der Waals surface area contributed by atoms with Crippen molar-refractivity contribution in [3.05, 3.63) is 64.1 Å². The maximum Gasteiger partial charge on any atom is 0.239 e. The third kappa shape index (κ3) is 2.75. The number of carbonyl (C=O) groups is 3. The Hall–Kier alpha value is -2.21. The smallest absolute Gasteiger partial charge is 0.239 e. The molecule has 29 heavy (non-hydrogen) atoms. The number of hydrogen-bond acceptors (Lipinski definition) is 4. The summed E-state index contributed by atoms with van der Waals surface area (Å²) in [6.45, 7) is 0.717. The molecule has 3 saturated heterocycles. The van der Waals surface area contributed by atoms with Crippen LogP contribution < -0.4 is 4.90 Å². The molecule has 3 aliphatic heterocycles. The lowest BCUT2D eigenvalue weighted by Crippen LogP contribution is -2.46. The number of rotatable bonds is 3. The number of benzene rings is 2. The molecule has 5 nitrogen and oxygen atoms in total. The molecule has 2 aromatic carbocycles. The summed E-state index contributed by atoms with van der Waals surface area (Å²) in [4.78, 5) is 43.4. The van der Waals surface area contributed by atoms with Gasteiger partial charge in [-0.1, -0.05) is 35.3 Å². The van der Waals surface area contributed by atoms with Crippen molar-refractivity contribution in [1.29, 1.82) is 0 Å². The number of carbonyl (C=O) groups excluding carboxylic acids is 3. The maximum absolute atomic E-state index is 13.4. The van der Waals surface area contributed by atoms with Gasteiger partial charge in [-0.15, -0.1) is 0 Å². The number of Topliss-reactive ketones (excluding diaryl/α,β-unsaturated/α-hetero) is 1. The van der Waals surface area contributed by atoms with Crippen LogP contribution in [-0.2, 0) is 9.59 Å². The molecular weight excluding hydrogens is 411 g/mol. The Kier molecular flexibility index (Phi) is 4.50. The molecule has 3 heterocycles. The number of para-hydroxylation sites is 1. The lowest BCUT2D eigenvalue weighted by atomic mass is 9.85. The van der Waals surface area contributed by atoms with E-state index in [1.165, 1.54) is 4.90 Å². The van der Waals surface area contributed by atoms with Gasteiger partial charge in [0.2, 0.25) is 11.8 Å². The Morgan fingerprint density at radius 2 is 1.62 bits per heavy atom. The van der Waals surface area contributed by atoms with Crippen molar-refractivity contribution in [2.45, 2.75) is 24.9 Å². The third-order valence-electron chi connectivity index (χ3n) is 6.34. The molecule has 0 aliphatic carbocycles. The lowest BCUT2D eigenvalue weighted by Gasteiger charge is -2.27.